The minimum Gasteiger partial charge on any atom is -0.507 e. The Morgan fingerprint density at radius 3 is 2.48 bits per heavy atom. The second-order valence-corrected chi connectivity index (χ2v) is 6.69. The van der Waals surface area contributed by atoms with E-state index in [0.29, 0.717) is 17.9 Å². The third-order valence-electron chi connectivity index (χ3n) is 3.61. The fourth-order valence-electron chi connectivity index (χ4n) is 2.16. The van der Waals surface area contributed by atoms with Gasteiger partial charge in [-0.15, -0.1) is 0 Å². The van der Waals surface area contributed by atoms with Gasteiger partial charge in [-0.05, 0) is 28.7 Å². The van der Waals surface area contributed by atoms with Gasteiger partial charge in [0.2, 0.25) is 0 Å². The van der Waals surface area contributed by atoms with E-state index in [4.69, 9.17) is 10.5 Å². The highest BCUT2D eigenvalue weighted by Crippen LogP contribution is 2.24. The lowest BCUT2D eigenvalue weighted by atomic mass is 9.87. The van der Waals surface area contributed by atoms with Crippen molar-refractivity contribution in [2.24, 2.45) is 10.8 Å². The highest BCUT2D eigenvalue weighted by molar-refractivity contribution is 5.84. The molecular formula is C19H23N3O3. The van der Waals surface area contributed by atoms with Crippen LogP contribution in [-0.2, 0) is 12.0 Å². The van der Waals surface area contributed by atoms with Crippen LogP contribution in [0.1, 0.15) is 37.5 Å². The van der Waals surface area contributed by atoms with Crippen LogP contribution < -0.4 is 15.9 Å². The number of urea groups is 1. The first-order chi connectivity index (χ1) is 11.8. The first-order valence-electron chi connectivity index (χ1n) is 7.89. The first-order valence-corrected chi connectivity index (χ1v) is 7.89. The molecule has 0 spiro atoms. The van der Waals surface area contributed by atoms with Crippen molar-refractivity contribution in [2.45, 2.75) is 32.8 Å². The molecular weight excluding hydrogens is 318 g/mol. The summed E-state index contributed by atoms with van der Waals surface area (Å²) in [5.74, 6) is 0.535. The van der Waals surface area contributed by atoms with Gasteiger partial charge >= 0.3 is 6.03 Å². The van der Waals surface area contributed by atoms with Crippen LogP contribution in [0.3, 0.4) is 0 Å². The Morgan fingerprint density at radius 2 is 1.92 bits per heavy atom. The van der Waals surface area contributed by atoms with Crippen LogP contribution in [0.2, 0.25) is 0 Å². The summed E-state index contributed by atoms with van der Waals surface area (Å²) in [7, 11) is 0. The lowest BCUT2D eigenvalue weighted by Gasteiger charge is -2.19. The average molecular weight is 341 g/mol. The molecule has 0 saturated carbocycles. The number of phenolic OH excluding ortho intramolecular Hbond substituents is 1. The molecule has 2 aromatic carbocycles. The summed E-state index contributed by atoms with van der Waals surface area (Å²) in [6.45, 7) is 6.92. The molecule has 0 aliphatic rings. The average Bonchev–Trinajstić information content (AvgIpc) is 2.54. The number of carbonyl (C=O) groups is 1. The standard InChI is InChI=1S/C19H23N3O3/c1-19(2,3)15-7-4-13(5-8-15)12-25-16-9-6-14(17(23)10-16)11-21-22-18(20)24/h4-11,23H,12H2,1-3H3,(H3,20,22,24). The molecule has 6 heteroatoms. The second-order valence-electron chi connectivity index (χ2n) is 6.69. The number of rotatable bonds is 5. The van der Waals surface area contributed by atoms with E-state index in [0.717, 1.165) is 5.56 Å². The molecule has 0 radical (unpaired) electrons. The normalized spacial score (nSPS) is 11.5. The molecule has 0 unspecified atom stereocenters. The molecule has 2 aromatic rings. The molecule has 0 saturated heterocycles. The number of hydrazone groups is 1. The maximum atomic E-state index is 10.5. The molecule has 0 aromatic heterocycles. The Kier molecular flexibility index (Phi) is 5.64. The van der Waals surface area contributed by atoms with Crippen molar-refractivity contribution in [3.05, 3.63) is 59.2 Å². The van der Waals surface area contributed by atoms with Crippen LogP contribution in [0.5, 0.6) is 11.5 Å². The smallest absolute Gasteiger partial charge is 0.332 e. The van der Waals surface area contributed by atoms with E-state index in [1.807, 2.05) is 12.1 Å². The molecule has 0 bridgehead atoms. The number of nitrogens with one attached hydrogen (secondary N) is 1. The summed E-state index contributed by atoms with van der Waals surface area (Å²) in [4.78, 5) is 10.5. The Hall–Kier alpha value is -3.02. The van der Waals surface area contributed by atoms with Crippen LogP contribution in [0.25, 0.3) is 0 Å². The van der Waals surface area contributed by atoms with Crippen molar-refractivity contribution in [1.82, 2.24) is 5.43 Å². The predicted octanol–water partition coefficient (Wildman–Crippen LogP) is 3.27. The van der Waals surface area contributed by atoms with Crippen molar-refractivity contribution in [3.63, 3.8) is 0 Å². The van der Waals surface area contributed by atoms with Gasteiger partial charge in [-0.25, -0.2) is 10.2 Å². The summed E-state index contributed by atoms with van der Waals surface area (Å²) in [6, 6.07) is 12.4. The number of hydrogen-bond acceptors (Lipinski definition) is 4. The zero-order chi connectivity index (χ0) is 18.4. The van der Waals surface area contributed by atoms with E-state index in [-0.39, 0.29) is 11.2 Å². The van der Waals surface area contributed by atoms with Gasteiger partial charge in [0.05, 0.1) is 6.21 Å². The van der Waals surface area contributed by atoms with Gasteiger partial charge in [-0.3, -0.25) is 0 Å². The summed E-state index contributed by atoms with van der Waals surface area (Å²) in [6.07, 6.45) is 1.30. The van der Waals surface area contributed by atoms with Crippen LogP contribution in [0, 0.1) is 0 Å². The molecule has 0 fully saturated rings. The minimum absolute atomic E-state index is 0.00407. The second kappa shape index (κ2) is 7.70. The van der Waals surface area contributed by atoms with Crippen molar-refractivity contribution in [2.75, 3.05) is 0 Å². The molecule has 0 atom stereocenters. The fraction of sp³-hybridized carbons (Fsp3) is 0.263. The van der Waals surface area contributed by atoms with Gasteiger partial charge in [0.15, 0.2) is 0 Å². The van der Waals surface area contributed by atoms with Crippen LogP contribution in [0.15, 0.2) is 47.6 Å². The summed E-state index contributed by atoms with van der Waals surface area (Å²) in [5.41, 5.74) is 9.83. The van der Waals surface area contributed by atoms with Gasteiger partial charge in [0.25, 0.3) is 0 Å². The van der Waals surface area contributed by atoms with E-state index >= 15 is 0 Å². The highest BCUT2D eigenvalue weighted by Gasteiger charge is 2.12. The number of ether oxygens (including phenoxy) is 1. The molecule has 2 rings (SSSR count). The third-order valence-corrected chi connectivity index (χ3v) is 3.61. The molecule has 2 amide bonds. The lowest BCUT2D eigenvalue weighted by Crippen LogP contribution is -2.24. The fourth-order valence-corrected chi connectivity index (χ4v) is 2.16. The van der Waals surface area contributed by atoms with Crippen LogP contribution >= 0.6 is 0 Å². The SMILES string of the molecule is CC(C)(C)c1ccc(COc2ccc(C=NNC(N)=O)c(O)c2)cc1. The monoisotopic (exact) mass is 341 g/mol. The zero-order valence-electron chi connectivity index (χ0n) is 14.6. The van der Waals surface area contributed by atoms with Crippen molar-refractivity contribution >= 4 is 12.2 Å². The number of nitrogens with two attached hydrogens (primary N) is 1. The maximum Gasteiger partial charge on any atom is 0.332 e. The van der Waals surface area contributed by atoms with E-state index in [2.05, 4.69) is 43.4 Å². The van der Waals surface area contributed by atoms with Crippen molar-refractivity contribution in [3.8, 4) is 11.5 Å². The predicted molar refractivity (Wildman–Crippen MR) is 97.9 cm³/mol. The van der Waals surface area contributed by atoms with Gasteiger partial charge < -0.3 is 15.6 Å². The van der Waals surface area contributed by atoms with Crippen LogP contribution in [-0.4, -0.2) is 17.4 Å². The molecule has 0 aliphatic carbocycles. The molecule has 25 heavy (non-hydrogen) atoms. The molecule has 0 aliphatic heterocycles. The minimum atomic E-state index is -0.770. The Morgan fingerprint density at radius 1 is 1.24 bits per heavy atom. The summed E-state index contributed by atoms with van der Waals surface area (Å²) >= 11 is 0. The van der Waals surface area contributed by atoms with E-state index in [1.165, 1.54) is 17.8 Å². The largest absolute Gasteiger partial charge is 0.507 e. The molecule has 0 heterocycles. The topological polar surface area (TPSA) is 96.9 Å². The zero-order valence-corrected chi connectivity index (χ0v) is 14.6. The summed E-state index contributed by atoms with van der Waals surface area (Å²) in [5, 5.41) is 13.6. The number of carbonyl (C=O) groups excluding carboxylic acids is 1. The number of benzene rings is 2. The Labute approximate surface area is 147 Å². The van der Waals surface area contributed by atoms with E-state index in [9.17, 15) is 9.90 Å². The highest BCUT2D eigenvalue weighted by atomic mass is 16.5. The number of phenols is 1. The number of aromatic hydroxyl groups is 1. The summed E-state index contributed by atoms with van der Waals surface area (Å²) < 4.78 is 5.70. The van der Waals surface area contributed by atoms with Crippen LogP contribution in [0.4, 0.5) is 4.79 Å². The number of amides is 2. The van der Waals surface area contributed by atoms with Crippen molar-refractivity contribution < 1.29 is 14.6 Å². The quantitative estimate of drug-likeness (QED) is 0.575. The Bertz CT molecular complexity index is 762. The van der Waals surface area contributed by atoms with E-state index in [1.54, 1.807) is 12.1 Å². The molecule has 6 nitrogen and oxygen atoms in total. The van der Waals surface area contributed by atoms with Gasteiger partial charge in [0.1, 0.15) is 18.1 Å². The first kappa shape index (κ1) is 18.3. The van der Waals surface area contributed by atoms with E-state index < -0.39 is 6.03 Å². The van der Waals surface area contributed by atoms with Gasteiger partial charge in [-0.1, -0.05) is 45.0 Å². The van der Waals surface area contributed by atoms with Gasteiger partial charge in [0, 0.05) is 11.6 Å². The lowest BCUT2D eigenvalue weighted by molar-refractivity contribution is 0.249. The van der Waals surface area contributed by atoms with Gasteiger partial charge in [-0.2, -0.15) is 5.10 Å². The number of primary amides is 1. The molecule has 132 valence electrons. The number of hydrogen-bond donors (Lipinski definition) is 3. The molecule has 4 N–H and O–H groups in total. The number of nitrogens with zero attached hydrogens (tertiary/aromatic N) is 1. The maximum absolute atomic E-state index is 10.5. The Balaban J connectivity index is 1.98. The third kappa shape index (κ3) is 5.53. The van der Waals surface area contributed by atoms with Crippen molar-refractivity contribution in [1.29, 1.82) is 0 Å².